The fourth-order valence-corrected chi connectivity index (χ4v) is 3.15. The molecule has 0 bridgehead atoms. The highest BCUT2D eigenvalue weighted by Gasteiger charge is 2.21. The summed E-state index contributed by atoms with van der Waals surface area (Å²) in [6.45, 7) is 6.93. The molecule has 0 radical (unpaired) electrons. The molecule has 2 rings (SSSR count). The van der Waals surface area contributed by atoms with E-state index in [9.17, 15) is 14.9 Å². The van der Waals surface area contributed by atoms with Crippen LogP contribution in [0.2, 0.25) is 0 Å². The fourth-order valence-electron chi connectivity index (χ4n) is 3.15. The minimum absolute atomic E-state index is 0.0592. The highest BCUT2D eigenvalue weighted by atomic mass is 16.2. The van der Waals surface area contributed by atoms with E-state index in [0.717, 1.165) is 35.5 Å². The van der Waals surface area contributed by atoms with Gasteiger partial charge < -0.3 is 15.6 Å². The lowest BCUT2D eigenvalue weighted by Gasteiger charge is -2.15. The number of nitrogens with one attached hydrogen (secondary N) is 1. The third kappa shape index (κ3) is 5.10. The second kappa shape index (κ2) is 9.56. The van der Waals surface area contributed by atoms with Crippen LogP contribution in [0.5, 0.6) is 0 Å². The molecule has 2 aromatic rings. The molecule has 28 heavy (non-hydrogen) atoms. The third-order valence-corrected chi connectivity index (χ3v) is 4.66. The van der Waals surface area contributed by atoms with E-state index < -0.39 is 17.9 Å². The number of nitrogens with zero attached hydrogens (tertiary/aromatic N) is 2. The Hall–Kier alpha value is -3.33. The average molecular weight is 378 g/mol. The molecule has 0 aliphatic rings. The van der Waals surface area contributed by atoms with E-state index in [1.165, 1.54) is 0 Å². The zero-order valence-corrected chi connectivity index (χ0v) is 16.5. The molecule has 0 fully saturated rings. The molecule has 0 aliphatic carbocycles. The summed E-state index contributed by atoms with van der Waals surface area (Å²) in [6.07, 6.45) is 2.82. The predicted molar refractivity (Wildman–Crippen MR) is 109 cm³/mol. The molecule has 146 valence electrons. The number of rotatable bonds is 8. The number of nitrogens with two attached hydrogens (primary N) is 1. The van der Waals surface area contributed by atoms with Crippen molar-refractivity contribution >= 4 is 17.9 Å². The Morgan fingerprint density at radius 1 is 1.29 bits per heavy atom. The van der Waals surface area contributed by atoms with Crippen molar-refractivity contribution < 1.29 is 9.59 Å². The molecule has 1 unspecified atom stereocenters. The molecular weight excluding hydrogens is 352 g/mol. The smallest absolute Gasteiger partial charge is 0.262 e. The van der Waals surface area contributed by atoms with Crippen LogP contribution in [0.15, 0.2) is 42.0 Å². The first-order valence-corrected chi connectivity index (χ1v) is 9.30. The van der Waals surface area contributed by atoms with Crippen molar-refractivity contribution in [3.05, 3.63) is 64.5 Å². The minimum Gasteiger partial charge on any atom is -0.368 e. The van der Waals surface area contributed by atoms with E-state index >= 15 is 0 Å². The summed E-state index contributed by atoms with van der Waals surface area (Å²) < 4.78 is 2.15. The summed E-state index contributed by atoms with van der Waals surface area (Å²) >= 11 is 0. The van der Waals surface area contributed by atoms with Crippen LogP contribution in [0.25, 0.3) is 6.08 Å². The van der Waals surface area contributed by atoms with Gasteiger partial charge in [-0.1, -0.05) is 37.3 Å². The molecule has 2 amide bonds. The first-order valence-electron chi connectivity index (χ1n) is 9.30. The maximum absolute atomic E-state index is 12.6. The Kier molecular flexibility index (Phi) is 7.16. The van der Waals surface area contributed by atoms with Crippen LogP contribution in [-0.4, -0.2) is 22.4 Å². The van der Waals surface area contributed by atoms with Gasteiger partial charge in [0.2, 0.25) is 5.91 Å². The van der Waals surface area contributed by atoms with Crippen LogP contribution in [-0.2, 0) is 22.6 Å². The number of aryl methyl sites for hydroxylation is 1. The fraction of sp³-hybridized carbons (Fsp3) is 0.318. The topological polar surface area (TPSA) is 101 Å². The zero-order valence-electron chi connectivity index (χ0n) is 16.5. The summed E-state index contributed by atoms with van der Waals surface area (Å²) in [5.74, 6) is -1.25. The minimum atomic E-state index is -0.890. The van der Waals surface area contributed by atoms with Gasteiger partial charge in [0.05, 0.1) is 0 Å². The summed E-state index contributed by atoms with van der Waals surface area (Å²) in [5.41, 5.74) is 9.15. The number of amides is 2. The van der Waals surface area contributed by atoms with E-state index in [1.807, 2.05) is 56.3 Å². The number of carbonyl (C=O) groups is 2. The molecule has 1 heterocycles. The maximum Gasteiger partial charge on any atom is 0.262 e. The van der Waals surface area contributed by atoms with Gasteiger partial charge in [-0.3, -0.25) is 9.59 Å². The zero-order chi connectivity index (χ0) is 20.7. The Balaban J connectivity index is 2.22. The molecule has 1 aromatic carbocycles. The number of aromatic nitrogens is 1. The SMILES string of the molecule is CCCn1c(C)cc(/C=C(/C#N)C(=O)NC(Cc2ccccc2)C(N)=O)c1C. The van der Waals surface area contributed by atoms with E-state index in [1.54, 1.807) is 6.08 Å². The molecular formula is C22H26N4O2. The van der Waals surface area contributed by atoms with Crippen LogP contribution < -0.4 is 11.1 Å². The van der Waals surface area contributed by atoms with Crippen molar-refractivity contribution in [3.63, 3.8) is 0 Å². The van der Waals surface area contributed by atoms with E-state index in [0.29, 0.717) is 0 Å². The molecule has 6 nitrogen and oxygen atoms in total. The van der Waals surface area contributed by atoms with Crippen LogP contribution in [0.4, 0.5) is 0 Å². The number of hydrogen-bond donors (Lipinski definition) is 2. The van der Waals surface area contributed by atoms with Crippen LogP contribution in [0.3, 0.4) is 0 Å². The van der Waals surface area contributed by atoms with Gasteiger partial charge in [-0.2, -0.15) is 5.26 Å². The van der Waals surface area contributed by atoms with Crippen molar-refractivity contribution in [2.75, 3.05) is 0 Å². The Bertz CT molecular complexity index is 920. The lowest BCUT2D eigenvalue weighted by molar-refractivity contribution is -0.125. The maximum atomic E-state index is 12.6. The van der Waals surface area contributed by atoms with Gasteiger partial charge >= 0.3 is 0 Å². The predicted octanol–water partition coefficient (Wildman–Crippen LogP) is 2.63. The van der Waals surface area contributed by atoms with Crippen molar-refractivity contribution in [2.45, 2.75) is 46.2 Å². The van der Waals surface area contributed by atoms with E-state index in [2.05, 4.69) is 16.8 Å². The van der Waals surface area contributed by atoms with Crippen molar-refractivity contribution in [2.24, 2.45) is 5.73 Å². The lowest BCUT2D eigenvalue weighted by Crippen LogP contribution is -2.46. The monoisotopic (exact) mass is 378 g/mol. The molecule has 1 aromatic heterocycles. The normalized spacial score (nSPS) is 12.3. The molecule has 1 atom stereocenters. The molecule has 0 spiro atoms. The van der Waals surface area contributed by atoms with Crippen molar-refractivity contribution in [1.29, 1.82) is 5.26 Å². The quantitative estimate of drug-likeness (QED) is 0.545. The van der Waals surface area contributed by atoms with Crippen LogP contribution in [0, 0.1) is 25.2 Å². The Morgan fingerprint density at radius 3 is 2.54 bits per heavy atom. The molecule has 6 heteroatoms. The molecule has 0 aliphatic heterocycles. The highest BCUT2D eigenvalue weighted by molar-refractivity contribution is 6.03. The van der Waals surface area contributed by atoms with Gasteiger partial charge in [-0.05, 0) is 43.5 Å². The van der Waals surface area contributed by atoms with Gasteiger partial charge in [0.25, 0.3) is 5.91 Å². The number of hydrogen-bond acceptors (Lipinski definition) is 3. The summed E-state index contributed by atoms with van der Waals surface area (Å²) in [5, 5.41) is 12.1. The summed E-state index contributed by atoms with van der Waals surface area (Å²) in [4.78, 5) is 24.4. The summed E-state index contributed by atoms with van der Waals surface area (Å²) in [6, 6.07) is 12.3. The second-order valence-corrected chi connectivity index (χ2v) is 6.77. The van der Waals surface area contributed by atoms with E-state index in [-0.39, 0.29) is 12.0 Å². The van der Waals surface area contributed by atoms with Crippen molar-refractivity contribution in [3.8, 4) is 6.07 Å². The van der Waals surface area contributed by atoms with Gasteiger partial charge in [0, 0.05) is 24.4 Å². The summed E-state index contributed by atoms with van der Waals surface area (Å²) in [7, 11) is 0. The molecule has 0 saturated heterocycles. The first-order chi connectivity index (χ1) is 13.4. The largest absolute Gasteiger partial charge is 0.368 e. The average Bonchev–Trinajstić information content (AvgIpc) is 2.93. The number of primary amides is 1. The van der Waals surface area contributed by atoms with Gasteiger partial charge in [-0.25, -0.2) is 0 Å². The number of nitriles is 1. The van der Waals surface area contributed by atoms with E-state index in [4.69, 9.17) is 5.73 Å². The lowest BCUT2D eigenvalue weighted by atomic mass is 10.0. The van der Waals surface area contributed by atoms with Crippen molar-refractivity contribution in [1.82, 2.24) is 9.88 Å². The first kappa shape index (κ1) is 21.0. The Labute approximate surface area is 165 Å². The second-order valence-electron chi connectivity index (χ2n) is 6.77. The third-order valence-electron chi connectivity index (χ3n) is 4.66. The van der Waals surface area contributed by atoms with Gasteiger partial charge in [-0.15, -0.1) is 0 Å². The standard InChI is InChI=1S/C22H26N4O2/c1-4-10-26-15(2)11-18(16(26)3)13-19(14-23)22(28)25-20(21(24)27)12-17-8-6-5-7-9-17/h5-9,11,13,20H,4,10,12H2,1-3H3,(H2,24,27)(H,25,28)/b19-13-. The number of benzene rings is 1. The molecule has 0 saturated carbocycles. The Morgan fingerprint density at radius 2 is 1.96 bits per heavy atom. The van der Waals surface area contributed by atoms with Crippen LogP contribution >= 0.6 is 0 Å². The van der Waals surface area contributed by atoms with Gasteiger partial charge in [0.1, 0.15) is 17.7 Å². The highest BCUT2D eigenvalue weighted by Crippen LogP contribution is 2.19. The van der Waals surface area contributed by atoms with Crippen LogP contribution in [0.1, 0.15) is 35.9 Å². The number of carbonyl (C=O) groups excluding carboxylic acids is 2. The van der Waals surface area contributed by atoms with Gasteiger partial charge in [0.15, 0.2) is 0 Å². The molecule has 3 N–H and O–H groups in total.